The number of halogens is 1. The van der Waals surface area contributed by atoms with Gasteiger partial charge in [-0.1, -0.05) is 47.1 Å². The van der Waals surface area contributed by atoms with Gasteiger partial charge in [0, 0.05) is 23.7 Å². The van der Waals surface area contributed by atoms with Crippen molar-refractivity contribution in [2.75, 3.05) is 26.9 Å². The van der Waals surface area contributed by atoms with Gasteiger partial charge in [-0.3, -0.25) is 9.59 Å². The lowest BCUT2D eigenvalue weighted by Crippen LogP contribution is -2.32. The van der Waals surface area contributed by atoms with Crippen LogP contribution in [-0.2, 0) is 14.3 Å². The van der Waals surface area contributed by atoms with E-state index in [0.29, 0.717) is 23.5 Å². The minimum Gasteiger partial charge on any atom is -0.507 e. The van der Waals surface area contributed by atoms with E-state index < -0.39 is 17.7 Å². The van der Waals surface area contributed by atoms with Crippen molar-refractivity contribution >= 4 is 33.4 Å². The van der Waals surface area contributed by atoms with Gasteiger partial charge in [-0.15, -0.1) is 0 Å². The number of aliphatic hydroxyl groups is 1. The third-order valence-electron chi connectivity index (χ3n) is 4.86. The first kappa shape index (κ1) is 22.1. The Labute approximate surface area is 184 Å². The minimum absolute atomic E-state index is 0.0700. The zero-order chi connectivity index (χ0) is 21.7. The molecule has 3 rings (SSSR count). The second-order valence-corrected chi connectivity index (χ2v) is 7.83. The Morgan fingerprint density at radius 1 is 1.07 bits per heavy atom. The molecule has 7 heteroatoms. The number of hydrogen-bond acceptors (Lipinski definition) is 5. The molecule has 1 N–H and O–H groups in total. The van der Waals surface area contributed by atoms with Crippen LogP contribution < -0.4 is 4.74 Å². The van der Waals surface area contributed by atoms with Crippen LogP contribution in [0.3, 0.4) is 0 Å². The maximum absolute atomic E-state index is 12.9. The highest BCUT2D eigenvalue weighted by Gasteiger charge is 2.45. The number of aliphatic hydroxyl groups excluding tert-OH is 1. The summed E-state index contributed by atoms with van der Waals surface area (Å²) in [5, 5.41) is 11.0. The molecule has 2 aromatic carbocycles. The summed E-state index contributed by atoms with van der Waals surface area (Å²) in [7, 11) is 1.54. The molecular formula is C23H24BrNO5. The molecule has 1 saturated heterocycles. The summed E-state index contributed by atoms with van der Waals surface area (Å²) in [5.74, 6) is -0.843. The monoisotopic (exact) mass is 473 g/mol. The van der Waals surface area contributed by atoms with Crippen molar-refractivity contribution in [3.05, 3.63) is 69.7 Å². The minimum atomic E-state index is -0.706. The van der Waals surface area contributed by atoms with Gasteiger partial charge in [-0.2, -0.15) is 0 Å². The van der Waals surface area contributed by atoms with Gasteiger partial charge in [0.1, 0.15) is 11.5 Å². The van der Waals surface area contributed by atoms with Gasteiger partial charge in [-0.05, 0) is 36.2 Å². The molecule has 1 aliphatic heterocycles. The summed E-state index contributed by atoms with van der Waals surface area (Å²) < 4.78 is 11.6. The second kappa shape index (κ2) is 9.91. The molecule has 158 valence electrons. The fourth-order valence-electron chi connectivity index (χ4n) is 3.38. The zero-order valence-electron chi connectivity index (χ0n) is 16.9. The van der Waals surface area contributed by atoms with Crippen molar-refractivity contribution in [1.82, 2.24) is 4.90 Å². The normalized spacial score (nSPS) is 18.1. The summed E-state index contributed by atoms with van der Waals surface area (Å²) in [6.45, 7) is 3.14. The van der Waals surface area contributed by atoms with Gasteiger partial charge < -0.3 is 19.5 Å². The highest BCUT2D eigenvalue weighted by Crippen LogP contribution is 2.39. The highest BCUT2D eigenvalue weighted by molar-refractivity contribution is 9.10. The number of amides is 1. The highest BCUT2D eigenvalue weighted by atomic mass is 79.9. The Morgan fingerprint density at radius 3 is 2.33 bits per heavy atom. The van der Waals surface area contributed by atoms with Gasteiger partial charge in [0.15, 0.2) is 0 Å². The number of rotatable bonds is 8. The molecule has 0 bridgehead atoms. The SMILES string of the molecule is CCCOc1ccc(C2/C(=C(/O)c3ccc(Br)cc3)C(=O)C(=O)N2CCOC)cc1. The number of carbonyl (C=O) groups excluding carboxylic acids is 2. The first-order valence-corrected chi connectivity index (χ1v) is 10.5. The molecule has 1 amide bonds. The van der Waals surface area contributed by atoms with Crippen molar-refractivity contribution < 1.29 is 24.2 Å². The molecule has 1 unspecified atom stereocenters. The Bertz CT molecular complexity index is 937. The molecular weight excluding hydrogens is 450 g/mol. The smallest absolute Gasteiger partial charge is 0.295 e. The second-order valence-electron chi connectivity index (χ2n) is 6.91. The number of ketones is 1. The lowest BCUT2D eigenvalue weighted by atomic mass is 9.95. The Morgan fingerprint density at radius 2 is 1.73 bits per heavy atom. The number of carbonyl (C=O) groups is 2. The van der Waals surface area contributed by atoms with Gasteiger partial charge in [0.05, 0.1) is 24.8 Å². The predicted molar refractivity (Wildman–Crippen MR) is 117 cm³/mol. The Kier molecular flexibility index (Phi) is 7.29. The fraction of sp³-hybridized carbons (Fsp3) is 0.304. The third-order valence-corrected chi connectivity index (χ3v) is 5.39. The molecule has 6 nitrogen and oxygen atoms in total. The Balaban J connectivity index is 2.06. The van der Waals surface area contributed by atoms with Crippen LogP contribution in [-0.4, -0.2) is 48.6 Å². The number of Topliss-reactive ketones (excluding diaryl/α,β-unsaturated/α-hetero) is 1. The van der Waals surface area contributed by atoms with Crippen LogP contribution in [0.25, 0.3) is 5.76 Å². The average Bonchev–Trinajstić information content (AvgIpc) is 3.01. The molecule has 2 aromatic rings. The maximum Gasteiger partial charge on any atom is 0.295 e. The van der Waals surface area contributed by atoms with E-state index in [2.05, 4.69) is 15.9 Å². The maximum atomic E-state index is 12.9. The van der Waals surface area contributed by atoms with Crippen LogP contribution >= 0.6 is 15.9 Å². The Hall–Kier alpha value is -2.64. The number of hydrogen-bond donors (Lipinski definition) is 1. The van der Waals surface area contributed by atoms with Gasteiger partial charge in [-0.25, -0.2) is 0 Å². The molecule has 0 saturated carbocycles. The fourth-order valence-corrected chi connectivity index (χ4v) is 3.64. The molecule has 1 fully saturated rings. The van der Waals surface area contributed by atoms with E-state index in [1.165, 1.54) is 12.0 Å². The number of benzene rings is 2. The van der Waals surface area contributed by atoms with Crippen LogP contribution in [0.2, 0.25) is 0 Å². The van der Waals surface area contributed by atoms with Crippen LogP contribution in [0.15, 0.2) is 58.6 Å². The largest absolute Gasteiger partial charge is 0.507 e. The molecule has 1 atom stereocenters. The molecule has 1 aliphatic rings. The standard InChI is InChI=1S/C23H24BrNO5/c1-3-13-30-18-10-6-15(7-11-18)20-19(21(26)16-4-8-17(24)9-5-16)22(27)23(28)25(20)12-14-29-2/h4-11,20,26H,3,12-14H2,1-2H3/b21-19-. The van der Waals surface area contributed by atoms with E-state index in [-0.39, 0.29) is 24.5 Å². The number of methoxy groups -OCH3 is 1. The molecule has 0 spiro atoms. The number of likely N-dealkylation sites (tertiary alicyclic amines) is 1. The lowest BCUT2D eigenvalue weighted by molar-refractivity contribution is -0.140. The van der Waals surface area contributed by atoms with E-state index >= 15 is 0 Å². The summed E-state index contributed by atoms with van der Waals surface area (Å²) in [6.07, 6.45) is 0.895. The van der Waals surface area contributed by atoms with Crippen molar-refractivity contribution in [1.29, 1.82) is 0 Å². The van der Waals surface area contributed by atoms with E-state index in [1.807, 2.05) is 19.1 Å². The van der Waals surface area contributed by atoms with Crippen LogP contribution in [0.4, 0.5) is 0 Å². The van der Waals surface area contributed by atoms with Gasteiger partial charge in [0.25, 0.3) is 11.7 Å². The van der Waals surface area contributed by atoms with Gasteiger partial charge in [0.2, 0.25) is 0 Å². The summed E-state index contributed by atoms with van der Waals surface area (Å²) in [4.78, 5) is 27.1. The third kappa shape index (κ3) is 4.57. The van der Waals surface area contributed by atoms with Crippen LogP contribution in [0.5, 0.6) is 5.75 Å². The molecule has 30 heavy (non-hydrogen) atoms. The molecule has 0 radical (unpaired) electrons. The van der Waals surface area contributed by atoms with E-state index in [4.69, 9.17) is 9.47 Å². The van der Waals surface area contributed by atoms with E-state index in [0.717, 1.165) is 10.9 Å². The molecule has 0 aromatic heterocycles. The quantitative estimate of drug-likeness (QED) is 0.351. The number of nitrogens with zero attached hydrogens (tertiary/aromatic N) is 1. The van der Waals surface area contributed by atoms with Crippen molar-refractivity contribution in [3.8, 4) is 5.75 Å². The van der Waals surface area contributed by atoms with Gasteiger partial charge >= 0.3 is 0 Å². The first-order valence-electron chi connectivity index (χ1n) is 9.74. The van der Waals surface area contributed by atoms with Crippen molar-refractivity contribution in [2.45, 2.75) is 19.4 Å². The lowest BCUT2D eigenvalue weighted by Gasteiger charge is -2.25. The first-order chi connectivity index (χ1) is 14.5. The van der Waals surface area contributed by atoms with E-state index in [1.54, 1.807) is 36.4 Å². The summed E-state index contributed by atoms with van der Waals surface area (Å²) in [6, 6.07) is 13.5. The zero-order valence-corrected chi connectivity index (χ0v) is 18.5. The molecule has 1 heterocycles. The van der Waals surface area contributed by atoms with E-state index in [9.17, 15) is 14.7 Å². The number of ether oxygens (including phenoxy) is 2. The predicted octanol–water partition coefficient (Wildman–Crippen LogP) is 4.31. The van der Waals surface area contributed by atoms with Crippen LogP contribution in [0.1, 0.15) is 30.5 Å². The topological polar surface area (TPSA) is 76.1 Å². The summed E-state index contributed by atoms with van der Waals surface area (Å²) in [5.41, 5.74) is 1.25. The summed E-state index contributed by atoms with van der Waals surface area (Å²) >= 11 is 3.36. The average molecular weight is 474 g/mol. The van der Waals surface area contributed by atoms with Crippen LogP contribution in [0, 0.1) is 0 Å². The molecule has 0 aliphatic carbocycles. The van der Waals surface area contributed by atoms with Crippen molar-refractivity contribution in [2.24, 2.45) is 0 Å². The van der Waals surface area contributed by atoms with Crippen molar-refractivity contribution in [3.63, 3.8) is 0 Å².